The zero-order chi connectivity index (χ0) is 10.3. The van der Waals surface area contributed by atoms with E-state index < -0.39 is 36.7 Å². The first kappa shape index (κ1) is 9.85. The van der Waals surface area contributed by atoms with Crippen LogP contribution in [0.2, 0.25) is 0 Å². The van der Waals surface area contributed by atoms with Crippen LogP contribution in [0.15, 0.2) is 0 Å². The highest BCUT2D eigenvalue weighted by molar-refractivity contribution is 5.78. The minimum Gasteiger partial charge on any atom is -0.454 e. The number of carbonyl (C=O) groups is 1. The molecule has 0 radical (unpaired) electrons. The van der Waals surface area contributed by atoms with Gasteiger partial charge in [0.25, 0.3) is 0 Å². The molecule has 5 atom stereocenters. The number of fused-ring (bicyclic) bond motifs is 1. The lowest BCUT2D eigenvalue weighted by atomic mass is 10.1. The SMILES string of the molecule is CO[C@@H]1C(=O)O[C@H]2[C@@H]1OC(O)[C@@H]2OC. The van der Waals surface area contributed by atoms with E-state index in [1.54, 1.807) is 0 Å². The number of rotatable bonds is 2. The molecule has 0 spiro atoms. The van der Waals surface area contributed by atoms with Crippen LogP contribution in [0.3, 0.4) is 0 Å². The van der Waals surface area contributed by atoms with Gasteiger partial charge in [0, 0.05) is 14.2 Å². The molecule has 2 rings (SSSR count). The molecule has 2 aliphatic rings. The smallest absolute Gasteiger partial charge is 0.338 e. The highest BCUT2D eigenvalue weighted by atomic mass is 16.7. The fourth-order valence-electron chi connectivity index (χ4n) is 1.86. The summed E-state index contributed by atoms with van der Waals surface area (Å²) in [5, 5.41) is 9.40. The zero-order valence-electron chi connectivity index (χ0n) is 7.88. The predicted molar refractivity (Wildman–Crippen MR) is 42.4 cm³/mol. The van der Waals surface area contributed by atoms with E-state index in [0.717, 1.165) is 0 Å². The Morgan fingerprint density at radius 1 is 1.29 bits per heavy atom. The van der Waals surface area contributed by atoms with Crippen molar-refractivity contribution in [2.24, 2.45) is 0 Å². The van der Waals surface area contributed by atoms with Crippen LogP contribution in [0, 0.1) is 0 Å². The van der Waals surface area contributed by atoms with Crippen molar-refractivity contribution in [3.8, 4) is 0 Å². The molecule has 2 aliphatic heterocycles. The quantitative estimate of drug-likeness (QED) is 0.561. The number of carbonyl (C=O) groups excluding carboxylic acids is 1. The standard InChI is InChI=1S/C8H12O6/c1-11-5-3-4(14-7(5)9)6(12-2)8(10)13-3/h3-7,9H,1-2H3/t3-,4-,5+,6-,7?/m0/s1. The second-order valence-corrected chi connectivity index (χ2v) is 3.25. The fourth-order valence-corrected chi connectivity index (χ4v) is 1.86. The normalized spacial score (nSPS) is 46.5. The molecule has 0 aromatic heterocycles. The topological polar surface area (TPSA) is 74.2 Å². The molecule has 0 aromatic rings. The van der Waals surface area contributed by atoms with Crippen LogP contribution in [-0.4, -0.2) is 56.0 Å². The van der Waals surface area contributed by atoms with Gasteiger partial charge in [0.1, 0.15) is 12.2 Å². The van der Waals surface area contributed by atoms with Crippen LogP contribution in [0.4, 0.5) is 0 Å². The molecule has 6 nitrogen and oxygen atoms in total. The third-order valence-corrected chi connectivity index (χ3v) is 2.53. The molecule has 2 heterocycles. The van der Waals surface area contributed by atoms with Crippen molar-refractivity contribution in [1.82, 2.24) is 0 Å². The van der Waals surface area contributed by atoms with Crippen molar-refractivity contribution in [3.63, 3.8) is 0 Å². The fraction of sp³-hybridized carbons (Fsp3) is 0.875. The number of hydrogen-bond donors (Lipinski definition) is 1. The number of methoxy groups -OCH3 is 2. The maximum absolute atomic E-state index is 11.2. The molecule has 14 heavy (non-hydrogen) atoms. The first-order valence-corrected chi connectivity index (χ1v) is 4.28. The summed E-state index contributed by atoms with van der Waals surface area (Å²) in [5.74, 6) is -0.476. The highest BCUT2D eigenvalue weighted by Crippen LogP contribution is 2.33. The summed E-state index contributed by atoms with van der Waals surface area (Å²) >= 11 is 0. The largest absolute Gasteiger partial charge is 0.454 e. The first-order chi connectivity index (χ1) is 6.69. The van der Waals surface area contributed by atoms with Crippen molar-refractivity contribution in [2.45, 2.75) is 30.7 Å². The minimum absolute atomic E-state index is 0.476. The van der Waals surface area contributed by atoms with E-state index in [9.17, 15) is 9.90 Å². The Labute approximate surface area is 80.7 Å². The summed E-state index contributed by atoms with van der Waals surface area (Å²) < 4.78 is 20.0. The van der Waals surface area contributed by atoms with Crippen molar-refractivity contribution in [2.75, 3.05) is 14.2 Å². The van der Waals surface area contributed by atoms with E-state index in [-0.39, 0.29) is 0 Å². The number of ether oxygens (including phenoxy) is 4. The van der Waals surface area contributed by atoms with Crippen LogP contribution < -0.4 is 0 Å². The van der Waals surface area contributed by atoms with E-state index in [2.05, 4.69) is 0 Å². The lowest BCUT2D eigenvalue weighted by Crippen LogP contribution is -2.34. The predicted octanol–water partition coefficient (Wildman–Crippen LogP) is -1.34. The average Bonchev–Trinajstić information content (AvgIpc) is 2.58. The number of esters is 1. The van der Waals surface area contributed by atoms with Gasteiger partial charge in [-0.1, -0.05) is 0 Å². The van der Waals surface area contributed by atoms with Gasteiger partial charge in [0.15, 0.2) is 18.5 Å². The van der Waals surface area contributed by atoms with Gasteiger partial charge in [-0.2, -0.15) is 0 Å². The summed E-state index contributed by atoms with van der Waals surface area (Å²) in [6, 6.07) is 0. The first-order valence-electron chi connectivity index (χ1n) is 4.28. The molecule has 0 aromatic carbocycles. The van der Waals surface area contributed by atoms with Crippen LogP contribution in [0.25, 0.3) is 0 Å². The second-order valence-electron chi connectivity index (χ2n) is 3.25. The summed E-state index contributed by atoms with van der Waals surface area (Å²) in [7, 11) is 2.82. The molecule has 0 amide bonds. The molecule has 0 saturated carbocycles. The molecule has 6 heteroatoms. The summed E-state index contributed by atoms with van der Waals surface area (Å²) in [6.45, 7) is 0. The van der Waals surface area contributed by atoms with E-state index >= 15 is 0 Å². The van der Waals surface area contributed by atoms with Crippen molar-refractivity contribution < 1.29 is 28.8 Å². The van der Waals surface area contributed by atoms with Gasteiger partial charge in [-0.05, 0) is 0 Å². The van der Waals surface area contributed by atoms with Gasteiger partial charge < -0.3 is 24.1 Å². The van der Waals surface area contributed by atoms with Crippen LogP contribution in [-0.2, 0) is 23.7 Å². The molecule has 80 valence electrons. The van der Waals surface area contributed by atoms with E-state index in [0.29, 0.717) is 0 Å². The van der Waals surface area contributed by atoms with Gasteiger partial charge in [0.2, 0.25) is 0 Å². The van der Waals surface area contributed by atoms with Gasteiger partial charge in [0.05, 0.1) is 0 Å². The lowest BCUT2D eigenvalue weighted by Gasteiger charge is -2.15. The molecular weight excluding hydrogens is 192 g/mol. The molecule has 1 unspecified atom stereocenters. The van der Waals surface area contributed by atoms with Gasteiger partial charge >= 0.3 is 5.97 Å². The Hall–Kier alpha value is -0.690. The zero-order valence-corrected chi connectivity index (χ0v) is 7.88. The Morgan fingerprint density at radius 2 is 2.00 bits per heavy atom. The van der Waals surface area contributed by atoms with Crippen LogP contribution in [0.5, 0.6) is 0 Å². The Morgan fingerprint density at radius 3 is 2.57 bits per heavy atom. The maximum atomic E-state index is 11.2. The Bertz CT molecular complexity index is 242. The molecular formula is C8H12O6. The number of aliphatic hydroxyl groups excluding tert-OH is 1. The summed E-state index contributed by atoms with van der Waals surface area (Å²) in [5.41, 5.74) is 0. The number of hydrogen-bond acceptors (Lipinski definition) is 6. The second kappa shape index (κ2) is 3.47. The minimum atomic E-state index is -1.07. The van der Waals surface area contributed by atoms with Crippen molar-refractivity contribution in [1.29, 1.82) is 0 Å². The number of aliphatic hydroxyl groups is 1. The van der Waals surface area contributed by atoms with E-state index in [1.165, 1.54) is 14.2 Å². The molecule has 2 saturated heterocycles. The Kier molecular flexibility index (Phi) is 2.44. The van der Waals surface area contributed by atoms with Crippen molar-refractivity contribution in [3.05, 3.63) is 0 Å². The Balaban J connectivity index is 2.16. The molecule has 0 aliphatic carbocycles. The van der Waals surface area contributed by atoms with E-state index in [4.69, 9.17) is 18.9 Å². The average molecular weight is 204 g/mol. The van der Waals surface area contributed by atoms with Crippen LogP contribution in [0.1, 0.15) is 0 Å². The lowest BCUT2D eigenvalue weighted by molar-refractivity contribution is -0.174. The third kappa shape index (κ3) is 1.23. The van der Waals surface area contributed by atoms with Crippen LogP contribution >= 0.6 is 0 Å². The van der Waals surface area contributed by atoms with Gasteiger partial charge in [-0.15, -0.1) is 0 Å². The third-order valence-electron chi connectivity index (χ3n) is 2.53. The van der Waals surface area contributed by atoms with Gasteiger partial charge in [-0.3, -0.25) is 0 Å². The summed E-state index contributed by atoms with van der Waals surface area (Å²) in [4.78, 5) is 11.2. The van der Waals surface area contributed by atoms with Gasteiger partial charge in [-0.25, -0.2) is 4.79 Å². The van der Waals surface area contributed by atoms with E-state index in [1.807, 2.05) is 0 Å². The molecule has 2 fully saturated rings. The monoisotopic (exact) mass is 204 g/mol. The van der Waals surface area contributed by atoms with Crippen molar-refractivity contribution >= 4 is 5.97 Å². The molecule has 1 N–H and O–H groups in total. The summed E-state index contributed by atoms with van der Waals surface area (Å²) in [6.07, 6.45) is -3.63. The molecule has 0 bridgehead atoms. The highest BCUT2D eigenvalue weighted by Gasteiger charge is 2.57. The maximum Gasteiger partial charge on any atom is 0.338 e.